The van der Waals surface area contributed by atoms with Crippen molar-refractivity contribution in [1.29, 1.82) is 0 Å². The van der Waals surface area contributed by atoms with Crippen molar-refractivity contribution >= 4 is 11.2 Å². The second kappa shape index (κ2) is 4.91. The lowest BCUT2D eigenvalue weighted by Crippen LogP contribution is -2.44. The van der Waals surface area contributed by atoms with Gasteiger partial charge in [0.15, 0.2) is 11.2 Å². The standard InChI is InChI=1S/C12H16N4O2/c17-12-16(9-8-15-6-4-13-5-7-15)11-10(18-12)2-1-3-14-11/h1-3,13H,4-9H2. The molecule has 0 bridgehead atoms. The summed E-state index contributed by atoms with van der Waals surface area (Å²) in [5, 5.41) is 3.31. The van der Waals surface area contributed by atoms with Gasteiger partial charge in [0, 0.05) is 45.5 Å². The van der Waals surface area contributed by atoms with E-state index in [4.69, 9.17) is 4.42 Å². The minimum atomic E-state index is -0.321. The summed E-state index contributed by atoms with van der Waals surface area (Å²) in [7, 11) is 0. The Bertz CT molecular complexity index is 583. The lowest BCUT2D eigenvalue weighted by Gasteiger charge is -2.26. The molecule has 96 valence electrons. The Morgan fingerprint density at radius 1 is 1.33 bits per heavy atom. The van der Waals surface area contributed by atoms with Crippen molar-refractivity contribution in [2.24, 2.45) is 0 Å². The van der Waals surface area contributed by atoms with Crippen LogP contribution in [0.4, 0.5) is 0 Å². The van der Waals surface area contributed by atoms with Crippen LogP contribution in [0.3, 0.4) is 0 Å². The van der Waals surface area contributed by atoms with Crippen LogP contribution >= 0.6 is 0 Å². The van der Waals surface area contributed by atoms with Crippen molar-refractivity contribution in [1.82, 2.24) is 19.8 Å². The van der Waals surface area contributed by atoms with Gasteiger partial charge in [-0.3, -0.25) is 9.47 Å². The number of nitrogens with zero attached hydrogens (tertiary/aromatic N) is 3. The third-order valence-electron chi connectivity index (χ3n) is 3.27. The fourth-order valence-corrected chi connectivity index (χ4v) is 2.27. The SMILES string of the molecule is O=c1oc2cccnc2n1CCN1CCNCC1. The number of aromatic nitrogens is 2. The minimum absolute atomic E-state index is 0.321. The number of fused-ring (bicyclic) bond motifs is 1. The number of oxazole rings is 1. The van der Waals surface area contributed by atoms with Crippen LogP contribution in [0.1, 0.15) is 0 Å². The Morgan fingerprint density at radius 2 is 2.17 bits per heavy atom. The fourth-order valence-electron chi connectivity index (χ4n) is 2.27. The summed E-state index contributed by atoms with van der Waals surface area (Å²) in [5.41, 5.74) is 1.19. The summed E-state index contributed by atoms with van der Waals surface area (Å²) >= 11 is 0. The molecule has 0 radical (unpaired) electrons. The molecule has 0 atom stereocenters. The molecular formula is C12H16N4O2. The van der Waals surface area contributed by atoms with Gasteiger partial charge in [0.05, 0.1) is 0 Å². The van der Waals surface area contributed by atoms with Crippen molar-refractivity contribution in [3.63, 3.8) is 0 Å². The molecule has 0 amide bonds. The molecule has 0 unspecified atom stereocenters. The summed E-state index contributed by atoms with van der Waals surface area (Å²) in [6.45, 7) is 5.56. The Hall–Kier alpha value is -1.66. The van der Waals surface area contributed by atoms with Gasteiger partial charge in [0.1, 0.15) is 0 Å². The van der Waals surface area contributed by atoms with E-state index in [2.05, 4.69) is 15.2 Å². The van der Waals surface area contributed by atoms with Crippen molar-refractivity contribution < 1.29 is 4.42 Å². The minimum Gasteiger partial charge on any atom is -0.406 e. The van der Waals surface area contributed by atoms with E-state index in [0.29, 0.717) is 17.8 Å². The van der Waals surface area contributed by atoms with Gasteiger partial charge in [-0.2, -0.15) is 0 Å². The molecule has 1 saturated heterocycles. The molecule has 0 aliphatic carbocycles. The Labute approximate surface area is 104 Å². The highest BCUT2D eigenvalue weighted by Gasteiger charge is 2.13. The monoisotopic (exact) mass is 248 g/mol. The summed E-state index contributed by atoms with van der Waals surface area (Å²) in [6.07, 6.45) is 1.68. The van der Waals surface area contributed by atoms with E-state index in [0.717, 1.165) is 32.7 Å². The van der Waals surface area contributed by atoms with Crippen molar-refractivity contribution in [2.45, 2.75) is 6.54 Å². The van der Waals surface area contributed by atoms with Gasteiger partial charge < -0.3 is 9.73 Å². The molecule has 0 aromatic carbocycles. The molecule has 1 aliphatic heterocycles. The molecule has 2 aromatic rings. The second-order valence-corrected chi connectivity index (χ2v) is 4.44. The van der Waals surface area contributed by atoms with E-state index < -0.39 is 0 Å². The van der Waals surface area contributed by atoms with Crippen LogP contribution in [0, 0.1) is 0 Å². The van der Waals surface area contributed by atoms with Crippen molar-refractivity contribution in [3.05, 3.63) is 28.9 Å². The molecule has 1 N–H and O–H groups in total. The van der Waals surface area contributed by atoms with Gasteiger partial charge in [-0.25, -0.2) is 9.78 Å². The van der Waals surface area contributed by atoms with Crippen LogP contribution < -0.4 is 11.1 Å². The van der Waals surface area contributed by atoms with E-state index in [1.807, 2.05) is 0 Å². The molecular weight excluding hydrogens is 232 g/mol. The largest absolute Gasteiger partial charge is 0.421 e. The van der Waals surface area contributed by atoms with E-state index in [-0.39, 0.29) is 5.76 Å². The maximum absolute atomic E-state index is 11.7. The fraction of sp³-hybridized carbons (Fsp3) is 0.500. The van der Waals surface area contributed by atoms with Gasteiger partial charge in [0.2, 0.25) is 0 Å². The van der Waals surface area contributed by atoms with Crippen LogP contribution in [-0.4, -0.2) is 47.2 Å². The van der Waals surface area contributed by atoms with Crippen LogP contribution in [-0.2, 0) is 6.54 Å². The molecule has 1 aliphatic rings. The maximum atomic E-state index is 11.7. The molecule has 0 spiro atoms. The molecule has 1 fully saturated rings. The lowest BCUT2D eigenvalue weighted by molar-refractivity contribution is 0.231. The number of rotatable bonds is 3. The van der Waals surface area contributed by atoms with Crippen LogP contribution in [0.2, 0.25) is 0 Å². The molecule has 3 heterocycles. The Morgan fingerprint density at radius 3 is 3.00 bits per heavy atom. The van der Waals surface area contributed by atoms with Crippen LogP contribution in [0.15, 0.2) is 27.5 Å². The number of nitrogens with one attached hydrogen (secondary N) is 1. The number of pyridine rings is 1. The first-order valence-corrected chi connectivity index (χ1v) is 6.22. The van der Waals surface area contributed by atoms with Gasteiger partial charge in [-0.05, 0) is 12.1 Å². The zero-order valence-electron chi connectivity index (χ0n) is 10.1. The normalized spacial score (nSPS) is 17.3. The smallest absolute Gasteiger partial charge is 0.406 e. The Balaban J connectivity index is 1.77. The molecule has 6 heteroatoms. The quantitative estimate of drug-likeness (QED) is 0.821. The second-order valence-electron chi connectivity index (χ2n) is 4.44. The highest BCUT2D eigenvalue weighted by atomic mass is 16.4. The Kier molecular flexibility index (Phi) is 3.12. The van der Waals surface area contributed by atoms with E-state index in [9.17, 15) is 4.79 Å². The maximum Gasteiger partial charge on any atom is 0.421 e. The van der Waals surface area contributed by atoms with E-state index in [1.165, 1.54) is 0 Å². The first-order valence-electron chi connectivity index (χ1n) is 6.22. The van der Waals surface area contributed by atoms with Crippen LogP contribution in [0.25, 0.3) is 11.2 Å². The van der Waals surface area contributed by atoms with E-state index >= 15 is 0 Å². The summed E-state index contributed by atoms with van der Waals surface area (Å²) in [4.78, 5) is 18.3. The van der Waals surface area contributed by atoms with Gasteiger partial charge in [0.25, 0.3) is 0 Å². The molecule has 6 nitrogen and oxygen atoms in total. The van der Waals surface area contributed by atoms with Crippen molar-refractivity contribution in [2.75, 3.05) is 32.7 Å². The lowest BCUT2D eigenvalue weighted by atomic mass is 10.3. The zero-order chi connectivity index (χ0) is 12.4. The topological polar surface area (TPSA) is 63.3 Å². The third-order valence-corrected chi connectivity index (χ3v) is 3.27. The molecule has 2 aromatic heterocycles. The highest BCUT2D eigenvalue weighted by Crippen LogP contribution is 2.08. The van der Waals surface area contributed by atoms with Crippen LogP contribution in [0.5, 0.6) is 0 Å². The summed E-state index contributed by atoms with van der Waals surface area (Å²) in [5.74, 6) is -0.321. The zero-order valence-corrected chi connectivity index (χ0v) is 10.1. The predicted octanol–water partition coefficient (Wildman–Crippen LogP) is -0.105. The molecule has 3 rings (SSSR count). The average molecular weight is 248 g/mol. The predicted molar refractivity (Wildman–Crippen MR) is 67.6 cm³/mol. The summed E-state index contributed by atoms with van der Waals surface area (Å²) in [6, 6.07) is 3.54. The third kappa shape index (κ3) is 2.16. The van der Waals surface area contributed by atoms with E-state index in [1.54, 1.807) is 22.9 Å². The first kappa shape index (κ1) is 11.4. The highest BCUT2D eigenvalue weighted by molar-refractivity contribution is 5.67. The van der Waals surface area contributed by atoms with Crippen molar-refractivity contribution in [3.8, 4) is 0 Å². The number of piperazine rings is 1. The van der Waals surface area contributed by atoms with Gasteiger partial charge in [-0.15, -0.1) is 0 Å². The summed E-state index contributed by atoms with van der Waals surface area (Å²) < 4.78 is 6.76. The van der Waals surface area contributed by atoms with Gasteiger partial charge in [-0.1, -0.05) is 0 Å². The average Bonchev–Trinajstić information content (AvgIpc) is 2.73. The number of hydrogen-bond donors (Lipinski definition) is 1. The first-order chi connectivity index (χ1) is 8.84. The number of hydrogen-bond acceptors (Lipinski definition) is 5. The molecule has 0 saturated carbocycles. The van der Waals surface area contributed by atoms with Gasteiger partial charge >= 0.3 is 5.76 Å². The molecule has 18 heavy (non-hydrogen) atoms.